The van der Waals surface area contributed by atoms with Crippen molar-refractivity contribution in [2.75, 3.05) is 19.8 Å². The SMILES string of the molecule is CC(=O)NCCOC(=O)C1(C)CO1. The number of amides is 1. The Morgan fingerprint density at radius 1 is 1.62 bits per heavy atom. The van der Waals surface area contributed by atoms with Gasteiger partial charge >= 0.3 is 5.97 Å². The first kappa shape index (κ1) is 9.98. The number of nitrogens with one attached hydrogen (secondary N) is 1. The number of hydrogen-bond donors (Lipinski definition) is 1. The van der Waals surface area contributed by atoms with Gasteiger partial charge in [0, 0.05) is 6.92 Å². The lowest BCUT2D eigenvalue weighted by Crippen LogP contribution is -2.29. The lowest BCUT2D eigenvalue weighted by molar-refractivity contribution is -0.149. The second kappa shape index (κ2) is 3.74. The van der Waals surface area contributed by atoms with Gasteiger partial charge in [-0.1, -0.05) is 0 Å². The molecule has 13 heavy (non-hydrogen) atoms. The van der Waals surface area contributed by atoms with Crippen molar-refractivity contribution in [3.63, 3.8) is 0 Å². The van der Waals surface area contributed by atoms with Crippen LogP contribution in [0.3, 0.4) is 0 Å². The average molecular weight is 187 g/mol. The number of carbonyl (C=O) groups excluding carboxylic acids is 2. The number of ether oxygens (including phenoxy) is 2. The van der Waals surface area contributed by atoms with Gasteiger partial charge in [-0.2, -0.15) is 0 Å². The maximum atomic E-state index is 11.1. The molecule has 0 radical (unpaired) electrons. The highest BCUT2D eigenvalue weighted by Crippen LogP contribution is 2.26. The molecule has 0 aromatic rings. The van der Waals surface area contributed by atoms with Gasteiger partial charge in [-0.05, 0) is 6.92 Å². The normalized spacial score (nSPS) is 25.1. The van der Waals surface area contributed by atoms with E-state index < -0.39 is 5.60 Å². The number of rotatable bonds is 4. The lowest BCUT2D eigenvalue weighted by atomic mass is 10.2. The topological polar surface area (TPSA) is 67.9 Å². The van der Waals surface area contributed by atoms with Gasteiger partial charge in [0.05, 0.1) is 13.2 Å². The molecule has 1 amide bonds. The third kappa shape index (κ3) is 3.02. The molecule has 1 saturated heterocycles. The van der Waals surface area contributed by atoms with Crippen molar-refractivity contribution < 1.29 is 19.1 Å². The molecule has 0 aromatic heterocycles. The fourth-order valence-electron chi connectivity index (χ4n) is 0.750. The number of hydrogen-bond acceptors (Lipinski definition) is 4. The smallest absolute Gasteiger partial charge is 0.340 e. The van der Waals surface area contributed by atoms with Crippen molar-refractivity contribution in [2.24, 2.45) is 0 Å². The highest BCUT2D eigenvalue weighted by atomic mass is 16.6. The molecule has 0 saturated carbocycles. The summed E-state index contributed by atoms with van der Waals surface area (Å²) in [6.07, 6.45) is 0. The fourth-order valence-corrected chi connectivity index (χ4v) is 0.750. The summed E-state index contributed by atoms with van der Waals surface area (Å²) in [5.74, 6) is -0.497. The fraction of sp³-hybridized carbons (Fsp3) is 0.750. The summed E-state index contributed by atoms with van der Waals surface area (Å²) >= 11 is 0. The van der Waals surface area contributed by atoms with Crippen molar-refractivity contribution in [2.45, 2.75) is 19.4 Å². The third-order valence-electron chi connectivity index (χ3n) is 1.72. The number of esters is 1. The van der Waals surface area contributed by atoms with Crippen molar-refractivity contribution in [1.82, 2.24) is 5.32 Å². The van der Waals surface area contributed by atoms with Crippen LogP contribution in [0.25, 0.3) is 0 Å². The highest BCUT2D eigenvalue weighted by Gasteiger charge is 2.48. The van der Waals surface area contributed by atoms with Gasteiger partial charge in [-0.25, -0.2) is 4.79 Å². The van der Waals surface area contributed by atoms with E-state index in [1.807, 2.05) is 0 Å². The molecular weight excluding hydrogens is 174 g/mol. The van der Waals surface area contributed by atoms with Crippen LogP contribution in [0, 0.1) is 0 Å². The minimum Gasteiger partial charge on any atom is -0.462 e. The van der Waals surface area contributed by atoms with Gasteiger partial charge in [0.2, 0.25) is 5.91 Å². The van der Waals surface area contributed by atoms with Crippen molar-refractivity contribution in [3.8, 4) is 0 Å². The van der Waals surface area contributed by atoms with Crippen LogP contribution in [0.4, 0.5) is 0 Å². The molecule has 1 rings (SSSR count). The number of epoxide rings is 1. The first-order valence-corrected chi connectivity index (χ1v) is 4.10. The van der Waals surface area contributed by atoms with Crippen LogP contribution >= 0.6 is 0 Å². The van der Waals surface area contributed by atoms with E-state index in [-0.39, 0.29) is 18.5 Å². The highest BCUT2D eigenvalue weighted by molar-refractivity contribution is 5.81. The Morgan fingerprint density at radius 3 is 2.69 bits per heavy atom. The van der Waals surface area contributed by atoms with Crippen molar-refractivity contribution in [3.05, 3.63) is 0 Å². The zero-order valence-corrected chi connectivity index (χ0v) is 7.75. The molecule has 1 fully saturated rings. The summed E-state index contributed by atoms with van der Waals surface area (Å²) in [5.41, 5.74) is -0.726. The summed E-state index contributed by atoms with van der Waals surface area (Å²) in [6.45, 7) is 4.04. The standard InChI is InChI=1S/C8H13NO4/c1-6(10)9-3-4-12-7(11)8(2)5-13-8/h3-5H2,1-2H3,(H,9,10). The summed E-state index contributed by atoms with van der Waals surface area (Å²) in [7, 11) is 0. The van der Waals surface area contributed by atoms with Crippen LogP contribution in [-0.2, 0) is 19.1 Å². The van der Waals surface area contributed by atoms with Gasteiger partial charge < -0.3 is 14.8 Å². The molecule has 1 heterocycles. The summed E-state index contributed by atoms with van der Waals surface area (Å²) in [5, 5.41) is 2.52. The monoisotopic (exact) mass is 187 g/mol. The van der Waals surface area contributed by atoms with E-state index >= 15 is 0 Å². The molecule has 0 aliphatic carbocycles. The molecule has 1 aliphatic heterocycles. The summed E-state index contributed by atoms with van der Waals surface area (Å²) < 4.78 is 9.71. The van der Waals surface area contributed by atoms with E-state index in [1.165, 1.54) is 6.92 Å². The van der Waals surface area contributed by atoms with E-state index in [1.54, 1.807) is 6.92 Å². The molecule has 1 aliphatic rings. The predicted octanol–water partition coefficient (Wildman–Crippen LogP) is -0.545. The molecule has 1 atom stereocenters. The zero-order valence-electron chi connectivity index (χ0n) is 7.75. The van der Waals surface area contributed by atoms with E-state index in [2.05, 4.69) is 5.32 Å². The third-order valence-corrected chi connectivity index (χ3v) is 1.72. The molecular formula is C8H13NO4. The quantitative estimate of drug-likeness (QED) is 0.364. The van der Waals surface area contributed by atoms with E-state index in [4.69, 9.17) is 9.47 Å². The maximum absolute atomic E-state index is 11.1. The molecule has 1 unspecified atom stereocenters. The van der Waals surface area contributed by atoms with Crippen LogP contribution in [0.5, 0.6) is 0 Å². The second-order valence-electron chi connectivity index (χ2n) is 3.14. The van der Waals surface area contributed by atoms with Gasteiger partial charge in [0.15, 0.2) is 5.60 Å². The van der Waals surface area contributed by atoms with Gasteiger partial charge in [0.1, 0.15) is 6.61 Å². The Labute approximate surface area is 76.4 Å². The maximum Gasteiger partial charge on any atom is 0.340 e. The molecule has 5 heteroatoms. The van der Waals surface area contributed by atoms with Crippen molar-refractivity contribution >= 4 is 11.9 Å². The zero-order chi connectivity index (χ0) is 9.90. The first-order valence-electron chi connectivity index (χ1n) is 4.10. The van der Waals surface area contributed by atoms with E-state index in [0.717, 1.165) is 0 Å². The van der Waals surface area contributed by atoms with Gasteiger partial charge in [0.25, 0.3) is 0 Å². The molecule has 0 spiro atoms. The Balaban J connectivity index is 2.06. The van der Waals surface area contributed by atoms with E-state index in [0.29, 0.717) is 13.2 Å². The molecule has 0 bridgehead atoms. The van der Waals surface area contributed by atoms with Gasteiger partial charge in [-0.3, -0.25) is 4.79 Å². The minimum absolute atomic E-state index is 0.134. The molecule has 1 N–H and O–H groups in total. The Morgan fingerprint density at radius 2 is 2.23 bits per heavy atom. The summed E-state index contributed by atoms with van der Waals surface area (Å²) in [4.78, 5) is 21.5. The van der Waals surface area contributed by atoms with Gasteiger partial charge in [-0.15, -0.1) is 0 Å². The van der Waals surface area contributed by atoms with Crippen LogP contribution in [-0.4, -0.2) is 37.2 Å². The molecule has 0 aromatic carbocycles. The van der Waals surface area contributed by atoms with E-state index in [9.17, 15) is 9.59 Å². The average Bonchev–Trinajstić information content (AvgIpc) is 2.78. The first-order chi connectivity index (χ1) is 6.04. The minimum atomic E-state index is -0.726. The Kier molecular flexibility index (Phi) is 2.87. The number of carbonyl (C=O) groups is 2. The Hall–Kier alpha value is -1.10. The molecule has 74 valence electrons. The molecule has 5 nitrogen and oxygen atoms in total. The Bertz CT molecular complexity index is 222. The van der Waals surface area contributed by atoms with Crippen LogP contribution in [0.15, 0.2) is 0 Å². The van der Waals surface area contributed by atoms with Crippen LogP contribution < -0.4 is 5.32 Å². The lowest BCUT2D eigenvalue weighted by Gasteiger charge is -2.06. The van der Waals surface area contributed by atoms with Crippen LogP contribution in [0.1, 0.15) is 13.8 Å². The second-order valence-corrected chi connectivity index (χ2v) is 3.14. The predicted molar refractivity (Wildman–Crippen MR) is 44.0 cm³/mol. The largest absolute Gasteiger partial charge is 0.462 e. The van der Waals surface area contributed by atoms with Crippen molar-refractivity contribution in [1.29, 1.82) is 0 Å². The summed E-state index contributed by atoms with van der Waals surface area (Å²) in [6, 6.07) is 0. The van der Waals surface area contributed by atoms with Crippen LogP contribution in [0.2, 0.25) is 0 Å².